The summed E-state index contributed by atoms with van der Waals surface area (Å²) in [6.07, 6.45) is 6.11. The minimum atomic E-state index is -0.744. The van der Waals surface area contributed by atoms with Crippen LogP contribution in [-0.4, -0.2) is 32.5 Å². The minimum Gasteiger partial charge on any atom is -0.440 e. The molecular weight excluding hydrogens is 485 g/mol. The van der Waals surface area contributed by atoms with Crippen LogP contribution < -0.4 is 11.1 Å². The first-order valence-corrected chi connectivity index (χ1v) is 12.3. The Kier molecular flexibility index (Phi) is 7.97. The third kappa shape index (κ3) is 5.63. The Balaban J connectivity index is 1.78. The van der Waals surface area contributed by atoms with E-state index in [1.165, 1.54) is 18.3 Å². The number of hydrogen-bond acceptors (Lipinski definition) is 6. The van der Waals surface area contributed by atoms with Gasteiger partial charge in [-0.15, -0.1) is 0 Å². The highest BCUT2D eigenvalue weighted by molar-refractivity contribution is 6.00. The molecule has 0 fully saturated rings. The summed E-state index contributed by atoms with van der Waals surface area (Å²) in [5, 5.41) is 3.48. The van der Waals surface area contributed by atoms with Gasteiger partial charge in [0, 0.05) is 46.9 Å². The molecule has 3 aromatic heterocycles. The molecule has 1 aromatic carbocycles. The molecule has 196 valence electrons. The molecule has 0 aliphatic rings. The zero-order valence-corrected chi connectivity index (χ0v) is 21.5. The van der Waals surface area contributed by atoms with E-state index in [0.717, 1.165) is 22.9 Å². The monoisotopic (exact) mass is 515 g/mol. The van der Waals surface area contributed by atoms with E-state index < -0.39 is 24.2 Å². The number of nitrogens with zero attached hydrogens (tertiary/aromatic N) is 3. The largest absolute Gasteiger partial charge is 0.440 e. The van der Waals surface area contributed by atoms with Crippen LogP contribution >= 0.6 is 0 Å². The maximum absolute atomic E-state index is 14.1. The zero-order chi connectivity index (χ0) is 27.4. The second-order valence-corrected chi connectivity index (χ2v) is 9.13. The number of nitrogens with one attached hydrogen (secondary N) is 1. The first-order chi connectivity index (χ1) is 18.2. The van der Waals surface area contributed by atoms with Gasteiger partial charge in [-0.05, 0) is 54.3 Å². The van der Waals surface area contributed by atoms with Crippen LogP contribution in [-0.2, 0) is 14.3 Å². The molecule has 0 aliphatic carbocycles. The van der Waals surface area contributed by atoms with E-state index in [1.54, 1.807) is 36.0 Å². The number of rotatable bonds is 9. The number of amides is 1. The molecule has 0 bridgehead atoms. The number of benzene rings is 1. The van der Waals surface area contributed by atoms with Crippen LogP contribution in [0.2, 0.25) is 0 Å². The van der Waals surface area contributed by atoms with Crippen molar-refractivity contribution >= 4 is 28.6 Å². The fraction of sp³-hybridized carbons (Fsp3) is 0.241. The highest BCUT2D eigenvalue weighted by Crippen LogP contribution is 2.35. The summed E-state index contributed by atoms with van der Waals surface area (Å²) in [4.78, 5) is 32.8. The summed E-state index contributed by atoms with van der Waals surface area (Å²) >= 11 is 0. The van der Waals surface area contributed by atoms with Crippen LogP contribution in [0, 0.1) is 11.9 Å². The van der Waals surface area contributed by atoms with E-state index in [9.17, 15) is 14.0 Å². The van der Waals surface area contributed by atoms with E-state index in [4.69, 9.17) is 10.5 Å². The molecular formula is C29H30FN5O3. The lowest BCUT2D eigenvalue weighted by Gasteiger charge is -2.21. The number of carbonyl (C=O) groups is 2. The Bertz CT molecular complexity index is 1500. The second kappa shape index (κ2) is 11.4. The van der Waals surface area contributed by atoms with Crippen LogP contribution in [0.5, 0.6) is 0 Å². The average Bonchev–Trinajstić information content (AvgIpc) is 3.31. The van der Waals surface area contributed by atoms with Gasteiger partial charge in [-0.1, -0.05) is 39.0 Å². The Labute approximate surface area is 220 Å². The summed E-state index contributed by atoms with van der Waals surface area (Å²) in [5.41, 5.74) is 10.1. The van der Waals surface area contributed by atoms with Gasteiger partial charge in [-0.25, -0.2) is 9.97 Å². The predicted octanol–water partition coefficient (Wildman–Crippen LogP) is 5.46. The Morgan fingerprint density at radius 3 is 2.66 bits per heavy atom. The number of esters is 1. The molecule has 4 aromatic rings. The number of anilines is 1. The first kappa shape index (κ1) is 26.7. The van der Waals surface area contributed by atoms with E-state index in [1.807, 2.05) is 38.1 Å². The predicted molar refractivity (Wildman–Crippen MR) is 145 cm³/mol. The van der Waals surface area contributed by atoms with Crippen molar-refractivity contribution in [2.75, 3.05) is 5.32 Å². The van der Waals surface area contributed by atoms with E-state index in [-0.39, 0.29) is 11.8 Å². The summed E-state index contributed by atoms with van der Waals surface area (Å²) in [7, 11) is 0. The van der Waals surface area contributed by atoms with Crippen LogP contribution in [0.15, 0.2) is 73.7 Å². The number of aromatic nitrogens is 3. The number of carbonyl (C=O) groups excluding carboxylic acids is 2. The van der Waals surface area contributed by atoms with Gasteiger partial charge in [0.1, 0.15) is 11.7 Å². The lowest BCUT2D eigenvalue weighted by atomic mass is 10.0. The van der Waals surface area contributed by atoms with Crippen molar-refractivity contribution in [1.82, 2.24) is 14.5 Å². The van der Waals surface area contributed by atoms with Gasteiger partial charge in [0.15, 0.2) is 6.23 Å². The smallest absolute Gasteiger partial charge is 0.325 e. The average molecular weight is 516 g/mol. The Morgan fingerprint density at radius 1 is 1.16 bits per heavy atom. The van der Waals surface area contributed by atoms with E-state index in [0.29, 0.717) is 22.5 Å². The van der Waals surface area contributed by atoms with Gasteiger partial charge >= 0.3 is 5.97 Å². The molecule has 9 heteroatoms. The third-order valence-corrected chi connectivity index (χ3v) is 6.56. The Morgan fingerprint density at radius 2 is 1.95 bits per heavy atom. The maximum atomic E-state index is 14.1. The summed E-state index contributed by atoms with van der Waals surface area (Å²) < 4.78 is 21.5. The summed E-state index contributed by atoms with van der Waals surface area (Å²) in [6.45, 7) is 9.08. The molecule has 1 unspecified atom stereocenters. The second-order valence-electron chi connectivity index (χ2n) is 9.13. The van der Waals surface area contributed by atoms with Gasteiger partial charge in [0.25, 0.3) is 0 Å². The fourth-order valence-electron chi connectivity index (χ4n) is 4.13. The third-order valence-electron chi connectivity index (χ3n) is 6.56. The lowest BCUT2D eigenvalue weighted by molar-refractivity contribution is -0.155. The van der Waals surface area contributed by atoms with Crippen LogP contribution in [0.25, 0.3) is 33.3 Å². The molecule has 3 atom stereocenters. The molecule has 0 spiro atoms. The van der Waals surface area contributed by atoms with Gasteiger partial charge in [-0.3, -0.25) is 14.2 Å². The van der Waals surface area contributed by atoms with Crippen molar-refractivity contribution in [3.8, 4) is 22.3 Å². The topological polar surface area (TPSA) is 112 Å². The molecule has 3 heterocycles. The van der Waals surface area contributed by atoms with Gasteiger partial charge in [-0.2, -0.15) is 4.39 Å². The van der Waals surface area contributed by atoms with E-state index >= 15 is 0 Å². The van der Waals surface area contributed by atoms with Gasteiger partial charge in [0.2, 0.25) is 11.9 Å². The van der Waals surface area contributed by atoms with Crippen molar-refractivity contribution in [3.63, 3.8) is 0 Å². The normalized spacial score (nSPS) is 13.5. The van der Waals surface area contributed by atoms with E-state index in [2.05, 4.69) is 21.9 Å². The molecule has 38 heavy (non-hydrogen) atoms. The van der Waals surface area contributed by atoms with Crippen LogP contribution in [0.4, 0.5) is 10.1 Å². The number of hydrogen-bond donors (Lipinski definition) is 2. The highest BCUT2D eigenvalue weighted by atomic mass is 19.1. The van der Waals surface area contributed by atoms with Crippen molar-refractivity contribution in [2.24, 2.45) is 11.7 Å². The lowest BCUT2D eigenvalue weighted by Crippen LogP contribution is -2.38. The fourth-order valence-corrected chi connectivity index (χ4v) is 4.13. The minimum absolute atomic E-state index is 0.0285. The number of ether oxygens (including phenoxy) is 1. The molecule has 8 nitrogen and oxygen atoms in total. The maximum Gasteiger partial charge on any atom is 0.325 e. The van der Waals surface area contributed by atoms with Gasteiger partial charge in [0.05, 0.1) is 0 Å². The van der Waals surface area contributed by atoms with Crippen LogP contribution in [0.1, 0.15) is 33.4 Å². The van der Waals surface area contributed by atoms with Crippen molar-refractivity contribution < 1.29 is 18.7 Å². The number of halogens is 1. The zero-order valence-electron chi connectivity index (χ0n) is 21.5. The number of nitrogens with two attached hydrogens (primary N) is 1. The molecule has 0 saturated heterocycles. The van der Waals surface area contributed by atoms with Crippen molar-refractivity contribution in [1.29, 1.82) is 0 Å². The molecule has 4 rings (SSSR count). The molecule has 3 N–H and O–H groups in total. The molecule has 0 aliphatic heterocycles. The first-order valence-electron chi connectivity index (χ1n) is 12.3. The molecule has 1 amide bonds. The standard InChI is InChI=1S/C29H30FN5O3/c1-5-17(3)27(31)29(37)38-18(4)35-16-24(20-10-11-32-25(30)14-20)23-13-21(15-33-28(23)35)19-8-7-9-22(12-19)34-26(36)6-2/h6-18,27H,2,5,31H2,1,3-4H3,(H,34,36)/t17-,18?,27-/m0/s1. The van der Waals surface area contributed by atoms with Crippen molar-refractivity contribution in [2.45, 2.75) is 39.5 Å². The van der Waals surface area contributed by atoms with Crippen LogP contribution in [0.3, 0.4) is 0 Å². The highest BCUT2D eigenvalue weighted by Gasteiger charge is 2.25. The number of pyridine rings is 2. The molecule has 0 radical (unpaired) electrons. The van der Waals surface area contributed by atoms with Crippen molar-refractivity contribution in [3.05, 3.63) is 79.7 Å². The quantitative estimate of drug-likeness (QED) is 0.174. The summed E-state index contributed by atoms with van der Waals surface area (Å²) in [5.74, 6) is -1.46. The Hall–Kier alpha value is -4.37. The SMILES string of the molecule is C=CC(=O)Nc1cccc(-c2cnc3c(c2)c(-c2ccnc(F)c2)cn3C(C)OC(=O)[C@@H](N)[C@@H](C)CC)c1. The summed E-state index contributed by atoms with van der Waals surface area (Å²) in [6, 6.07) is 11.6. The number of fused-ring (bicyclic) bond motifs is 1. The van der Waals surface area contributed by atoms with Gasteiger partial charge < -0.3 is 15.8 Å². The molecule has 0 saturated carbocycles.